The largest absolute Gasteiger partial charge is 0.313 e. The summed E-state index contributed by atoms with van der Waals surface area (Å²) < 4.78 is 13.4. The van der Waals surface area contributed by atoms with Crippen molar-refractivity contribution in [3.05, 3.63) is 70.5 Å². The maximum absolute atomic E-state index is 13.4. The molecule has 0 amide bonds. The molecule has 2 aromatic rings. The molecule has 1 N–H and O–H groups in total. The highest BCUT2D eigenvalue weighted by Gasteiger charge is 2.12. The molecule has 0 bridgehead atoms. The Morgan fingerprint density at radius 1 is 1.10 bits per heavy atom. The van der Waals surface area contributed by atoms with Crippen LogP contribution in [0.3, 0.4) is 0 Å². The summed E-state index contributed by atoms with van der Waals surface area (Å²) in [5, 5.41) is 4.16. The molecule has 2 rings (SSSR count). The zero-order valence-electron chi connectivity index (χ0n) is 12.3. The van der Waals surface area contributed by atoms with E-state index in [2.05, 4.69) is 24.4 Å². The minimum Gasteiger partial charge on any atom is -0.313 e. The van der Waals surface area contributed by atoms with Crippen LogP contribution in [0.1, 0.15) is 24.5 Å². The van der Waals surface area contributed by atoms with Gasteiger partial charge in [-0.3, -0.25) is 0 Å². The lowest BCUT2D eigenvalue weighted by atomic mass is 9.98. The van der Waals surface area contributed by atoms with Crippen LogP contribution in [0.15, 0.2) is 48.5 Å². The maximum Gasteiger partial charge on any atom is 0.123 e. The van der Waals surface area contributed by atoms with Crippen LogP contribution in [-0.2, 0) is 12.8 Å². The molecule has 0 radical (unpaired) electrons. The van der Waals surface area contributed by atoms with E-state index in [9.17, 15) is 4.39 Å². The van der Waals surface area contributed by atoms with Crippen LogP contribution >= 0.6 is 11.6 Å². The molecule has 0 aliphatic heterocycles. The molecule has 1 atom stereocenters. The summed E-state index contributed by atoms with van der Waals surface area (Å²) in [6.07, 6.45) is 2.71. The lowest BCUT2D eigenvalue weighted by Crippen LogP contribution is -2.34. The number of hydrogen-bond acceptors (Lipinski definition) is 1. The van der Waals surface area contributed by atoms with Crippen LogP contribution < -0.4 is 5.32 Å². The van der Waals surface area contributed by atoms with Gasteiger partial charge < -0.3 is 5.32 Å². The van der Waals surface area contributed by atoms with E-state index < -0.39 is 0 Å². The lowest BCUT2D eigenvalue weighted by Gasteiger charge is -2.19. The Morgan fingerprint density at radius 2 is 1.86 bits per heavy atom. The van der Waals surface area contributed by atoms with E-state index in [1.165, 1.54) is 17.7 Å². The molecule has 0 saturated heterocycles. The van der Waals surface area contributed by atoms with Gasteiger partial charge >= 0.3 is 0 Å². The SMILES string of the molecule is CCCNC(Cc1ccccc1)Cc1cc(F)ccc1Cl. The summed E-state index contributed by atoms with van der Waals surface area (Å²) in [4.78, 5) is 0. The predicted octanol–water partition coefficient (Wildman–Crippen LogP) is 4.63. The average molecular weight is 306 g/mol. The Morgan fingerprint density at radius 3 is 2.57 bits per heavy atom. The maximum atomic E-state index is 13.4. The van der Waals surface area contributed by atoms with Gasteiger partial charge in [-0.25, -0.2) is 4.39 Å². The molecule has 1 unspecified atom stereocenters. The minimum atomic E-state index is -0.233. The van der Waals surface area contributed by atoms with Crippen molar-refractivity contribution in [2.75, 3.05) is 6.54 Å². The molecule has 112 valence electrons. The summed E-state index contributed by atoms with van der Waals surface area (Å²) >= 11 is 6.18. The summed E-state index contributed by atoms with van der Waals surface area (Å²) in [6, 6.07) is 15.2. The molecule has 2 aromatic carbocycles. The van der Waals surface area contributed by atoms with Crippen molar-refractivity contribution in [1.82, 2.24) is 5.32 Å². The number of benzene rings is 2. The highest BCUT2D eigenvalue weighted by atomic mass is 35.5. The fourth-order valence-electron chi connectivity index (χ4n) is 2.43. The van der Waals surface area contributed by atoms with Crippen molar-refractivity contribution in [3.8, 4) is 0 Å². The third-order valence-corrected chi connectivity index (χ3v) is 3.85. The standard InChI is InChI=1S/C18H21ClFN/c1-2-10-21-17(11-14-6-4-3-5-7-14)13-15-12-16(20)8-9-18(15)19/h3-9,12,17,21H,2,10-11,13H2,1H3. The predicted molar refractivity (Wildman–Crippen MR) is 87.3 cm³/mol. The van der Waals surface area contributed by atoms with Crippen molar-refractivity contribution >= 4 is 11.6 Å². The van der Waals surface area contributed by atoms with Crippen molar-refractivity contribution < 1.29 is 4.39 Å². The summed E-state index contributed by atoms with van der Waals surface area (Å²) in [7, 11) is 0. The van der Waals surface area contributed by atoms with Gasteiger partial charge in [0.1, 0.15) is 5.82 Å². The molecule has 0 heterocycles. The van der Waals surface area contributed by atoms with E-state index in [0.29, 0.717) is 5.02 Å². The van der Waals surface area contributed by atoms with Crippen LogP contribution in [0.5, 0.6) is 0 Å². The van der Waals surface area contributed by atoms with E-state index in [1.807, 2.05) is 18.2 Å². The molecular formula is C18H21ClFN. The first-order chi connectivity index (χ1) is 10.2. The molecule has 21 heavy (non-hydrogen) atoms. The Bertz CT molecular complexity index is 556. The van der Waals surface area contributed by atoms with Crippen LogP contribution in [0, 0.1) is 5.82 Å². The fourth-order valence-corrected chi connectivity index (χ4v) is 2.62. The minimum absolute atomic E-state index is 0.233. The molecular weight excluding hydrogens is 285 g/mol. The molecule has 3 heteroatoms. The first-order valence-corrected chi connectivity index (χ1v) is 7.78. The zero-order chi connectivity index (χ0) is 15.1. The second-order valence-corrected chi connectivity index (χ2v) is 5.69. The second-order valence-electron chi connectivity index (χ2n) is 5.28. The van der Waals surface area contributed by atoms with Gasteiger partial charge in [0, 0.05) is 11.1 Å². The molecule has 0 aliphatic rings. The number of nitrogens with one attached hydrogen (secondary N) is 1. The van der Waals surface area contributed by atoms with E-state index in [0.717, 1.165) is 31.4 Å². The van der Waals surface area contributed by atoms with Crippen LogP contribution in [0.25, 0.3) is 0 Å². The summed E-state index contributed by atoms with van der Waals surface area (Å²) in [5.41, 5.74) is 2.14. The van der Waals surface area contributed by atoms with Gasteiger partial charge in [0.05, 0.1) is 0 Å². The molecule has 0 spiro atoms. The highest BCUT2D eigenvalue weighted by molar-refractivity contribution is 6.31. The van der Waals surface area contributed by atoms with E-state index in [-0.39, 0.29) is 11.9 Å². The monoisotopic (exact) mass is 305 g/mol. The van der Waals surface area contributed by atoms with Crippen molar-refractivity contribution in [2.24, 2.45) is 0 Å². The third-order valence-electron chi connectivity index (χ3n) is 3.48. The Hall–Kier alpha value is -1.38. The fraction of sp³-hybridized carbons (Fsp3) is 0.333. The Kier molecular flexibility index (Phi) is 6.21. The first kappa shape index (κ1) is 16.0. The van der Waals surface area contributed by atoms with E-state index >= 15 is 0 Å². The number of halogens is 2. The van der Waals surface area contributed by atoms with Gasteiger partial charge in [-0.15, -0.1) is 0 Å². The average Bonchev–Trinajstić information content (AvgIpc) is 2.49. The zero-order valence-corrected chi connectivity index (χ0v) is 13.0. The first-order valence-electron chi connectivity index (χ1n) is 7.40. The molecule has 1 nitrogen and oxygen atoms in total. The van der Waals surface area contributed by atoms with Crippen LogP contribution in [-0.4, -0.2) is 12.6 Å². The summed E-state index contributed by atoms with van der Waals surface area (Å²) in [6.45, 7) is 3.09. The van der Waals surface area contributed by atoms with Gasteiger partial charge in [0.2, 0.25) is 0 Å². The smallest absolute Gasteiger partial charge is 0.123 e. The Labute approximate surface area is 131 Å². The van der Waals surface area contributed by atoms with E-state index in [4.69, 9.17) is 11.6 Å². The van der Waals surface area contributed by atoms with Crippen LogP contribution in [0.4, 0.5) is 4.39 Å². The van der Waals surface area contributed by atoms with Crippen LogP contribution in [0.2, 0.25) is 5.02 Å². The van der Waals surface area contributed by atoms with Gasteiger partial charge in [-0.1, -0.05) is 48.9 Å². The molecule has 0 aromatic heterocycles. The van der Waals surface area contributed by atoms with Gasteiger partial charge in [0.25, 0.3) is 0 Å². The lowest BCUT2D eigenvalue weighted by molar-refractivity contribution is 0.503. The Balaban J connectivity index is 2.10. The third kappa shape index (κ3) is 5.14. The summed E-state index contributed by atoms with van der Waals surface area (Å²) in [5.74, 6) is -0.233. The topological polar surface area (TPSA) is 12.0 Å². The van der Waals surface area contributed by atoms with Gasteiger partial charge in [0.15, 0.2) is 0 Å². The number of hydrogen-bond donors (Lipinski definition) is 1. The van der Waals surface area contributed by atoms with Crippen molar-refractivity contribution in [1.29, 1.82) is 0 Å². The number of rotatable bonds is 7. The van der Waals surface area contributed by atoms with Gasteiger partial charge in [-0.2, -0.15) is 0 Å². The van der Waals surface area contributed by atoms with Gasteiger partial charge in [-0.05, 0) is 55.1 Å². The van der Waals surface area contributed by atoms with Crippen molar-refractivity contribution in [3.63, 3.8) is 0 Å². The highest BCUT2D eigenvalue weighted by Crippen LogP contribution is 2.20. The normalized spacial score (nSPS) is 12.3. The molecule has 0 aliphatic carbocycles. The van der Waals surface area contributed by atoms with Crippen molar-refractivity contribution in [2.45, 2.75) is 32.2 Å². The second kappa shape index (κ2) is 8.16. The quantitative estimate of drug-likeness (QED) is 0.786. The van der Waals surface area contributed by atoms with E-state index in [1.54, 1.807) is 6.07 Å². The molecule has 0 saturated carbocycles. The molecule has 0 fully saturated rings.